The summed E-state index contributed by atoms with van der Waals surface area (Å²) in [7, 11) is 0. The number of hydrogen-bond acceptors (Lipinski definition) is 1. The molecule has 1 rings (SSSR count). The molecule has 0 heterocycles. The molecule has 1 fully saturated rings. The first-order valence-electron chi connectivity index (χ1n) is 4.22. The molecule has 0 aromatic heterocycles. The minimum atomic E-state index is 0.0399. The van der Waals surface area contributed by atoms with Crippen LogP contribution in [0.5, 0.6) is 0 Å². The molecule has 0 bridgehead atoms. The molecule has 0 spiro atoms. The fraction of sp³-hybridized carbons (Fsp3) is 0.889. The maximum atomic E-state index is 11.3. The second kappa shape index (κ2) is 2.73. The lowest BCUT2D eigenvalue weighted by Gasteiger charge is -2.30. The van der Waals surface area contributed by atoms with Crippen molar-refractivity contribution in [3.05, 3.63) is 0 Å². The predicted molar refractivity (Wildman–Crippen MR) is 41.9 cm³/mol. The van der Waals surface area contributed by atoms with E-state index in [4.69, 9.17) is 0 Å². The lowest BCUT2D eigenvalue weighted by atomic mass is 9.73. The lowest BCUT2D eigenvalue weighted by molar-refractivity contribution is -0.130. The largest absolute Gasteiger partial charge is 0.299 e. The fourth-order valence-electron chi connectivity index (χ4n) is 1.62. The highest BCUT2D eigenvalue weighted by atomic mass is 16.1. The van der Waals surface area contributed by atoms with Gasteiger partial charge in [0.1, 0.15) is 5.78 Å². The third-order valence-corrected chi connectivity index (χ3v) is 2.84. The van der Waals surface area contributed by atoms with Crippen LogP contribution >= 0.6 is 0 Å². The van der Waals surface area contributed by atoms with E-state index >= 15 is 0 Å². The maximum Gasteiger partial charge on any atom is 0.138 e. The van der Waals surface area contributed by atoms with Crippen molar-refractivity contribution in [2.24, 2.45) is 5.41 Å². The smallest absolute Gasteiger partial charge is 0.138 e. The molecule has 10 heavy (non-hydrogen) atoms. The normalized spacial score (nSPS) is 34.4. The third kappa shape index (κ3) is 1.23. The van der Waals surface area contributed by atoms with Gasteiger partial charge in [-0.25, -0.2) is 0 Å². The summed E-state index contributed by atoms with van der Waals surface area (Å²) in [6.45, 7) is 4.22. The van der Waals surface area contributed by atoms with Crippen molar-refractivity contribution in [1.29, 1.82) is 0 Å². The van der Waals surface area contributed by atoms with Crippen molar-refractivity contribution in [1.82, 2.24) is 0 Å². The summed E-state index contributed by atoms with van der Waals surface area (Å²) in [6, 6.07) is 0. The zero-order valence-electron chi connectivity index (χ0n) is 6.94. The summed E-state index contributed by atoms with van der Waals surface area (Å²) in [5.74, 6) is 0.487. The summed E-state index contributed by atoms with van der Waals surface area (Å²) >= 11 is 0. The Labute approximate surface area is 62.8 Å². The van der Waals surface area contributed by atoms with Gasteiger partial charge in [-0.2, -0.15) is 0 Å². The first-order chi connectivity index (χ1) is 4.69. The van der Waals surface area contributed by atoms with E-state index in [1.807, 2.05) is 0 Å². The summed E-state index contributed by atoms with van der Waals surface area (Å²) in [4.78, 5) is 11.3. The van der Waals surface area contributed by atoms with E-state index in [2.05, 4.69) is 13.8 Å². The lowest BCUT2D eigenvalue weighted by Crippen LogP contribution is -2.30. The number of carbonyl (C=O) groups excluding carboxylic acids is 1. The molecule has 0 amide bonds. The van der Waals surface area contributed by atoms with Crippen molar-refractivity contribution in [3.63, 3.8) is 0 Å². The van der Waals surface area contributed by atoms with Gasteiger partial charge in [-0.15, -0.1) is 0 Å². The average molecular weight is 140 g/mol. The fourth-order valence-corrected chi connectivity index (χ4v) is 1.62. The van der Waals surface area contributed by atoms with Crippen LogP contribution in [0, 0.1) is 5.41 Å². The van der Waals surface area contributed by atoms with E-state index in [1.54, 1.807) is 0 Å². The molecule has 1 aliphatic rings. The van der Waals surface area contributed by atoms with Crippen LogP contribution < -0.4 is 0 Å². The van der Waals surface area contributed by atoms with Crippen LogP contribution in [0.2, 0.25) is 0 Å². The number of Topliss-reactive ketones (excluding diaryl/α,β-unsaturated/α-hetero) is 1. The van der Waals surface area contributed by atoms with Crippen molar-refractivity contribution in [3.8, 4) is 0 Å². The van der Waals surface area contributed by atoms with Crippen LogP contribution in [0.15, 0.2) is 0 Å². The van der Waals surface area contributed by atoms with Gasteiger partial charge in [0.15, 0.2) is 0 Å². The van der Waals surface area contributed by atoms with E-state index in [0.717, 1.165) is 25.7 Å². The molecule has 1 atom stereocenters. The summed E-state index contributed by atoms with van der Waals surface area (Å²) in [5.41, 5.74) is 0.0399. The van der Waals surface area contributed by atoms with Crippen molar-refractivity contribution in [2.45, 2.75) is 46.0 Å². The van der Waals surface area contributed by atoms with Gasteiger partial charge in [0.2, 0.25) is 0 Å². The Morgan fingerprint density at radius 1 is 1.50 bits per heavy atom. The molecule has 0 saturated heterocycles. The highest BCUT2D eigenvalue weighted by molar-refractivity contribution is 5.84. The van der Waals surface area contributed by atoms with Gasteiger partial charge in [-0.3, -0.25) is 4.79 Å². The van der Waals surface area contributed by atoms with Crippen molar-refractivity contribution >= 4 is 5.78 Å². The Balaban J connectivity index is 2.63. The summed E-state index contributed by atoms with van der Waals surface area (Å²) in [6.07, 6.45) is 5.32. The average Bonchev–Trinajstić information content (AvgIpc) is 1.96. The van der Waals surface area contributed by atoms with E-state index in [0.29, 0.717) is 5.78 Å². The second-order valence-electron chi connectivity index (χ2n) is 3.54. The number of carbonyl (C=O) groups is 1. The van der Waals surface area contributed by atoms with Gasteiger partial charge < -0.3 is 0 Å². The first-order valence-corrected chi connectivity index (χ1v) is 4.22. The van der Waals surface area contributed by atoms with Crippen molar-refractivity contribution < 1.29 is 4.79 Å². The topological polar surface area (TPSA) is 17.1 Å². The molecule has 58 valence electrons. The van der Waals surface area contributed by atoms with Crippen LogP contribution in [0.25, 0.3) is 0 Å². The van der Waals surface area contributed by atoms with Gasteiger partial charge in [0.25, 0.3) is 0 Å². The van der Waals surface area contributed by atoms with E-state index in [-0.39, 0.29) is 5.41 Å². The monoisotopic (exact) mass is 140 g/mol. The molecule has 0 aliphatic heterocycles. The molecule has 1 heteroatoms. The molecule has 1 aliphatic carbocycles. The Hall–Kier alpha value is -0.330. The van der Waals surface area contributed by atoms with Crippen LogP contribution in [0.3, 0.4) is 0 Å². The number of hydrogen-bond donors (Lipinski definition) is 0. The van der Waals surface area contributed by atoms with Crippen molar-refractivity contribution in [2.75, 3.05) is 0 Å². The summed E-state index contributed by atoms with van der Waals surface area (Å²) in [5, 5.41) is 0. The van der Waals surface area contributed by atoms with E-state index in [9.17, 15) is 4.79 Å². The Bertz CT molecular complexity index is 140. The maximum absolute atomic E-state index is 11.3. The van der Waals surface area contributed by atoms with Crippen LogP contribution in [0.1, 0.15) is 46.0 Å². The number of rotatable bonds is 1. The molecule has 0 aromatic rings. The minimum Gasteiger partial charge on any atom is -0.299 e. The molecular weight excluding hydrogens is 124 g/mol. The van der Waals surface area contributed by atoms with Gasteiger partial charge in [0, 0.05) is 11.8 Å². The minimum absolute atomic E-state index is 0.0399. The molecule has 1 nitrogen and oxygen atoms in total. The molecule has 0 aromatic carbocycles. The van der Waals surface area contributed by atoms with Gasteiger partial charge in [-0.1, -0.05) is 20.3 Å². The molecule has 1 saturated carbocycles. The molecule has 0 N–H and O–H groups in total. The Morgan fingerprint density at radius 2 is 2.20 bits per heavy atom. The van der Waals surface area contributed by atoms with Crippen LogP contribution in [-0.4, -0.2) is 5.78 Å². The van der Waals surface area contributed by atoms with Crippen LogP contribution in [-0.2, 0) is 4.79 Å². The molecule has 0 radical (unpaired) electrons. The van der Waals surface area contributed by atoms with Crippen LogP contribution in [0.4, 0.5) is 0 Å². The second-order valence-corrected chi connectivity index (χ2v) is 3.54. The van der Waals surface area contributed by atoms with Gasteiger partial charge >= 0.3 is 0 Å². The quantitative estimate of drug-likeness (QED) is 0.547. The highest BCUT2D eigenvalue weighted by Crippen LogP contribution is 2.35. The van der Waals surface area contributed by atoms with E-state index in [1.165, 1.54) is 6.42 Å². The zero-order valence-corrected chi connectivity index (χ0v) is 6.94. The van der Waals surface area contributed by atoms with Gasteiger partial charge in [-0.05, 0) is 19.3 Å². The molecule has 0 unspecified atom stereocenters. The Morgan fingerprint density at radius 3 is 2.60 bits per heavy atom. The summed E-state index contributed by atoms with van der Waals surface area (Å²) < 4.78 is 0. The SMILES string of the molecule is CC[C@]1(C)CCCCC1=O. The third-order valence-electron chi connectivity index (χ3n) is 2.84. The number of ketones is 1. The first kappa shape index (κ1) is 7.77. The standard InChI is InChI=1S/C9H16O/c1-3-9(2)7-5-4-6-8(9)10/h3-7H2,1-2H3/t9-/m1/s1. The highest BCUT2D eigenvalue weighted by Gasteiger charge is 2.32. The zero-order chi connectivity index (χ0) is 7.61. The predicted octanol–water partition coefficient (Wildman–Crippen LogP) is 2.55. The van der Waals surface area contributed by atoms with E-state index < -0.39 is 0 Å². The molecular formula is C9H16O. The van der Waals surface area contributed by atoms with Gasteiger partial charge in [0.05, 0.1) is 0 Å². The Kier molecular flexibility index (Phi) is 2.12.